The van der Waals surface area contributed by atoms with E-state index >= 15 is 0 Å². The maximum atomic E-state index is 12.5. The van der Waals surface area contributed by atoms with Gasteiger partial charge in [0, 0.05) is 24.9 Å². The van der Waals surface area contributed by atoms with E-state index in [1.165, 1.54) is 12.4 Å². The minimum absolute atomic E-state index is 0.241. The molecular formula is C7H8F2N2O. The summed E-state index contributed by atoms with van der Waals surface area (Å²) in [5, 5.41) is 8.56. The molecule has 3 nitrogen and oxygen atoms in total. The normalized spacial score (nSPS) is 11.7. The summed E-state index contributed by atoms with van der Waals surface area (Å²) in [7, 11) is 0. The maximum absolute atomic E-state index is 12.5. The average molecular weight is 174 g/mol. The first kappa shape index (κ1) is 8.99. The Hall–Kier alpha value is -1.10. The first-order valence-corrected chi connectivity index (χ1v) is 3.34. The van der Waals surface area contributed by atoms with Gasteiger partial charge in [-0.1, -0.05) is 0 Å². The van der Waals surface area contributed by atoms with Crippen LogP contribution in [0.4, 0.5) is 8.78 Å². The van der Waals surface area contributed by atoms with Gasteiger partial charge in [0.05, 0.1) is 6.61 Å². The molecule has 0 atom stereocenters. The number of aliphatic hydroxyl groups excluding tert-OH is 1. The topological polar surface area (TPSA) is 46.0 Å². The molecule has 1 N–H and O–H groups in total. The second-order valence-corrected chi connectivity index (χ2v) is 2.46. The van der Waals surface area contributed by atoms with Crippen molar-refractivity contribution in [3.05, 3.63) is 23.8 Å². The van der Waals surface area contributed by atoms with E-state index in [1.807, 2.05) is 0 Å². The van der Waals surface area contributed by atoms with Gasteiger partial charge in [-0.25, -0.2) is 9.97 Å². The Kier molecular flexibility index (Phi) is 2.32. The maximum Gasteiger partial charge on any atom is 0.303 e. The van der Waals surface area contributed by atoms with Crippen molar-refractivity contribution in [2.24, 2.45) is 0 Å². The molecule has 1 rings (SSSR count). The predicted octanol–water partition coefficient (Wildman–Crippen LogP) is 1.08. The monoisotopic (exact) mass is 174 g/mol. The van der Waals surface area contributed by atoms with Crippen LogP contribution >= 0.6 is 0 Å². The van der Waals surface area contributed by atoms with Crippen LogP contribution < -0.4 is 0 Å². The van der Waals surface area contributed by atoms with E-state index in [2.05, 4.69) is 9.97 Å². The summed E-state index contributed by atoms with van der Waals surface area (Å²) in [6.07, 6.45) is 2.36. The molecule has 12 heavy (non-hydrogen) atoms. The fourth-order valence-electron chi connectivity index (χ4n) is 0.663. The van der Waals surface area contributed by atoms with Crippen molar-refractivity contribution in [2.45, 2.75) is 19.5 Å². The van der Waals surface area contributed by atoms with Crippen molar-refractivity contribution in [3.8, 4) is 0 Å². The van der Waals surface area contributed by atoms with E-state index < -0.39 is 11.7 Å². The third-order valence-corrected chi connectivity index (χ3v) is 1.28. The number of halogens is 2. The van der Waals surface area contributed by atoms with Crippen LogP contribution in [0.2, 0.25) is 0 Å². The summed E-state index contributed by atoms with van der Waals surface area (Å²) in [6.45, 7) is 0.483. The molecule has 1 heterocycles. The van der Waals surface area contributed by atoms with Gasteiger partial charge in [0.15, 0.2) is 5.82 Å². The average Bonchev–Trinajstić information content (AvgIpc) is 2.03. The molecule has 1 aromatic rings. The highest BCUT2D eigenvalue weighted by molar-refractivity contribution is 5.05. The SMILES string of the molecule is CC(F)(F)c1ncc(CO)cn1. The second-order valence-electron chi connectivity index (χ2n) is 2.46. The molecule has 0 aliphatic rings. The Morgan fingerprint density at radius 3 is 2.25 bits per heavy atom. The fraction of sp³-hybridized carbons (Fsp3) is 0.429. The summed E-state index contributed by atoms with van der Waals surface area (Å²) in [4.78, 5) is 6.80. The summed E-state index contributed by atoms with van der Waals surface area (Å²) >= 11 is 0. The lowest BCUT2D eigenvalue weighted by molar-refractivity contribution is 0.00755. The molecule has 0 unspecified atom stereocenters. The summed E-state index contributed by atoms with van der Waals surface area (Å²) < 4.78 is 25.0. The first-order valence-electron chi connectivity index (χ1n) is 3.34. The summed E-state index contributed by atoms with van der Waals surface area (Å²) in [5.41, 5.74) is 0.419. The Bertz CT molecular complexity index is 255. The highest BCUT2D eigenvalue weighted by Gasteiger charge is 2.27. The van der Waals surface area contributed by atoms with Crippen LogP contribution in [0.25, 0.3) is 0 Å². The Balaban J connectivity index is 2.93. The first-order chi connectivity index (χ1) is 5.54. The number of hydrogen-bond acceptors (Lipinski definition) is 3. The third kappa shape index (κ3) is 1.94. The van der Waals surface area contributed by atoms with Crippen molar-refractivity contribution in [1.82, 2.24) is 9.97 Å². The van der Waals surface area contributed by atoms with Gasteiger partial charge in [-0.2, -0.15) is 8.78 Å². The van der Waals surface area contributed by atoms with Gasteiger partial charge in [0.25, 0.3) is 0 Å². The second kappa shape index (κ2) is 3.10. The largest absolute Gasteiger partial charge is 0.392 e. The van der Waals surface area contributed by atoms with Crippen LogP contribution in [-0.2, 0) is 12.5 Å². The van der Waals surface area contributed by atoms with E-state index in [0.29, 0.717) is 5.56 Å². The molecule has 0 aromatic carbocycles. The minimum Gasteiger partial charge on any atom is -0.392 e. The van der Waals surface area contributed by atoms with Gasteiger partial charge in [0.2, 0.25) is 0 Å². The van der Waals surface area contributed by atoms with E-state index in [4.69, 9.17) is 5.11 Å². The zero-order valence-electron chi connectivity index (χ0n) is 6.46. The predicted molar refractivity (Wildman–Crippen MR) is 37.5 cm³/mol. The van der Waals surface area contributed by atoms with Gasteiger partial charge in [0.1, 0.15) is 0 Å². The van der Waals surface area contributed by atoms with E-state index in [-0.39, 0.29) is 6.61 Å². The van der Waals surface area contributed by atoms with Crippen LogP contribution in [0, 0.1) is 0 Å². The molecule has 0 saturated carbocycles. The third-order valence-electron chi connectivity index (χ3n) is 1.28. The van der Waals surface area contributed by atoms with Gasteiger partial charge in [-0.15, -0.1) is 0 Å². The lowest BCUT2D eigenvalue weighted by atomic mass is 10.3. The van der Waals surface area contributed by atoms with Crippen molar-refractivity contribution in [2.75, 3.05) is 0 Å². The molecule has 66 valence electrons. The highest BCUT2D eigenvalue weighted by atomic mass is 19.3. The standard InChI is InChI=1S/C7H8F2N2O/c1-7(8,9)6-10-2-5(4-12)3-11-6/h2-3,12H,4H2,1H3. The number of hydrogen-bond donors (Lipinski definition) is 1. The molecule has 0 aliphatic heterocycles. The Morgan fingerprint density at radius 2 is 1.92 bits per heavy atom. The van der Waals surface area contributed by atoms with Crippen LogP contribution in [0.15, 0.2) is 12.4 Å². The zero-order chi connectivity index (χ0) is 9.19. The van der Waals surface area contributed by atoms with Gasteiger partial charge >= 0.3 is 5.92 Å². The van der Waals surface area contributed by atoms with Gasteiger partial charge < -0.3 is 5.11 Å². The number of nitrogens with zero attached hydrogens (tertiary/aromatic N) is 2. The molecule has 0 fully saturated rings. The van der Waals surface area contributed by atoms with Gasteiger partial charge in [-0.05, 0) is 0 Å². The highest BCUT2D eigenvalue weighted by Crippen LogP contribution is 2.22. The minimum atomic E-state index is -3.02. The lowest BCUT2D eigenvalue weighted by Gasteiger charge is -2.07. The summed E-state index contributed by atoms with van der Waals surface area (Å²) in [6, 6.07) is 0. The van der Waals surface area contributed by atoms with Gasteiger partial charge in [-0.3, -0.25) is 0 Å². The Labute approximate surface area is 68.1 Å². The molecular weight excluding hydrogens is 166 g/mol. The molecule has 0 aliphatic carbocycles. The van der Waals surface area contributed by atoms with Crippen LogP contribution in [0.3, 0.4) is 0 Å². The molecule has 0 amide bonds. The van der Waals surface area contributed by atoms with Crippen molar-refractivity contribution in [1.29, 1.82) is 0 Å². The van der Waals surface area contributed by atoms with Crippen LogP contribution in [0.5, 0.6) is 0 Å². The number of alkyl halides is 2. The molecule has 5 heteroatoms. The van der Waals surface area contributed by atoms with Crippen molar-refractivity contribution < 1.29 is 13.9 Å². The molecule has 0 spiro atoms. The molecule has 0 saturated heterocycles. The van der Waals surface area contributed by atoms with Crippen molar-refractivity contribution >= 4 is 0 Å². The lowest BCUT2D eigenvalue weighted by Crippen LogP contribution is -2.12. The van der Waals surface area contributed by atoms with Crippen LogP contribution in [-0.4, -0.2) is 15.1 Å². The number of rotatable bonds is 2. The smallest absolute Gasteiger partial charge is 0.303 e. The summed E-state index contributed by atoms with van der Waals surface area (Å²) in [5.74, 6) is -3.55. The number of aliphatic hydroxyl groups is 1. The quantitative estimate of drug-likeness (QED) is 0.729. The van der Waals surface area contributed by atoms with E-state index in [9.17, 15) is 8.78 Å². The molecule has 0 radical (unpaired) electrons. The molecule has 0 bridgehead atoms. The van der Waals surface area contributed by atoms with E-state index in [1.54, 1.807) is 0 Å². The van der Waals surface area contributed by atoms with Crippen LogP contribution in [0.1, 0.15) is 18.3 Å². The molecule has 1 aromatic heterocycles. The fourth-order valence-corrected chi connectivity index (χ4v) is 0.663. The Morgan fingerprint density at radius 1 is 1.42 bits per heavy atom. The van der Waals surface area contributed by atoms with E-state index in [0.717, 1.165) is 6.92 Å². The number of aromatic nitrogens is 2. The van der Waals surface area contributed by atoms with Crippen molar-refractivity contribution in [3.63, 3.8) is 0 Å². The zero-order valence-corrected chi connectivity index (χ0v) is 6.46.